The fraction of sp³-hybridized carbons (Fsp3) is 0.182. The molecule has 14 heteroatoms. The topological polar surface area (TPSA) is 131 Å². The molecule has 3 heterocycles. The van der Waals surface area contributed by atoms with E-state index in [1.807, 2.05) is 6.92 Å². The van der Waals surface area contributed by atoms with Crippen molar-refractivity contribution in [2.45, 2.75) is 25.6 Å². The van der Waals surface area contributed by atoms with Crippen molar-refractivity contribution in [2.75, 3.05) is 11.1 Å². The second-order valence-electron chi connectivity index (χ2n) is 7.58. The number of hydrogen-bond donors (Lipinski definition) is 3. The number of nitrogens with two attached hydrogens (primary N) is 1. The summed E-state index contributed by atoms with van der Waals surface area (Å²) in [4.78, 5) is 15.1. The molecule has 4 rings (SSSR count). The second-order valence-corrected chi connectivity index (χ2v) is 7.58. The molecule has 0 fully saturated rings. The summed E-state index contributed by atoms with van der Waals surface area (Å²) in [6, 6.07) is 2.63. The Morgan fingerprint density at radius 3 is 2.50 bits per heavy atom. The molecule has 3 aromatic heterocycles. The van der Waals surface area contributed by atoms with Crippen molar-refractivity contribution in [1.82, 2.24) is 24.5 Å². The zero-order chi connectivity index (χ0) is 26.0. The number of halogens is 5. The third-order valence-electron chi connectivity index (χ3n) is 5.35. The molecule has 1 atom stereocenters. The van der Waals surface area contributed by atoms with E-state index in [1.165, 1.54) is 18.6 Å². The number of nitrogens with one attached hydrogen (secondary N) is 2. The van der Waals surface area contributed by atoms with Crippen molar-refractivity contribution < 1.29 is 22.0 Å². The van der Waals surface area contributed by atoms with Crippen molar-refractivity contribution in [2.24, 2.45) is 5.11 Å². The van der Waals surface area contributed by atoms with Crippen LogP contribution in [0.4, 0.5) is 33.5 Å². The van der Waals surface area contributed by atoms with Crippen LogP contribution in [-0.4, -0.2) is 24.5 Å². The van der Waals surface area contributed by atoms with Crippen molar-refractivity contribution in [3.05, 3.63) is 72.5 Å². The molecule has 4 aromatic rings. The molecule has 0 saturated heterocycles. The van der Waals surface area contributed by atoms with E-state index in [2.05, 4.69) is 30.4 Å². The molecule has 0 bridgehead atoms. The highest BCUT2D eigenvalue weighted by atomic mass is 19.4. The molecule has 0 amide bonds. The smallest absolute Gasteiger partial charge is 0.383 e. The molecule has 1 unspecified atom stereocenters. The maximum absolute atomic E-state index is 13.5. The maximum atomic E-state index is 13.5. The van der Waals surface area contributed by atoms with Gasteiger partial charge in [0.2, 0.25) is 5.82 Å². The molecule has 36 heavy (non-hydrogen) atoms. The fourth-order valence-electron chi connectivity index (χ4n) is 3.67. The summed E-state index contributed by atoms with van der Waals surface area (Å²) in [5.74, 6) is -3.25. The normalized spacial score (nSPS) is 13.1. The summed E-state index contributed by atoms with van der Waals surface area (Å²) >= 11 is 0. The highest BCUT2D eigenvalue weighted by Gasteiger charge is 2.34. The molecule has 9 nitrogen and oxygen atoms in total. The number of anilines is 2. The van der Waals surface area contributed by atoms with Gasteiger partial charge in [0, 0.05) is 47.7 Å². The summed E-state index contributed by atoms with van der Waals surface area (Å²) in [6.45, 7) is 1.82. The van der Waals surface area contributed by atoms with Crippen LogP contribution in [0.5, 0.6) is 0 Å². The quantitative estimate of drug-likeness (QED) is 0.219. The monoisotopic (exact) mass is 503 g/mol. The molecule has 0 aliphatic carbocycles. The Morgan fingerprint density at radius 1 is 1.17 bits per heavy atom. The summed E-state index contributed by atoms with van der Waals surface area (Å²) in [7, 11) is 0. The molecule has 4 N–H and O–H groups in total. The SMILES string of the molecule is CCC(/C(=C/Nc1ccc(F)c(F)c1)N=N)n1cc(-c2cnc(C(F)(F)F)nc2)c2c(N)ncnc21. The van der Waals surface area contributed by atoms with E-state index in [1.54, 1.807) is 10.8 Å². The van der Waals surface area contributed by atoms with Gasteiger partial charge in [-0.25, -0.2) is 34.2 Å². The number of allylic oxidation sites excluding steroid dienone is 1. The van der Waals surface area contributed by atoms with Gasteiger partial charge in [-0.3, -0.25) is 0 Å². The highest BCUT2D eigenvalue weighted by Crippen LogP contribution is 2.37. The lowest BCUT2D eigenvalue weighted by molar-refractivity contribution is -0.144. The van der Waals surface area contributed by atoms with Crippen LogP contribution >= 0.6 is 0 Å². The predicted octanol–water partition coefficient (Wildman–Crippen LogP) is 5.70. The van der Waals surface area contributed by atoms with Gasteiger partial charge in [0.25, 0.3) is 0 Å². The van der Waals surface area contributed by atoms with E-state index in [-0.39, 0.29) is 22.8 Å². The minimum Gasteiger partial charge on any atom is -0.383 e. The van der Waals surface area contributed by atoms with E-state index < -0.39 is 29.7 Å². The first-order valence-corrected chi connectivity index (χ1v) is 10.4. The minimum absolute atomic E-state index is 0.0803. The van der Waals surface area contributed by atoms with Crippen LogP contribution in [0.2, 0.25) is 0 Å². The van der Waals surface area contributed by atoms with Gasteiger partial charge in [0.1, 0.15) is 23.5 Å². The third kappa shape index (κ3) is 4.69. The standard InChI is InChI=1S/C22H18F5N9/c1-2-17(16(35-29)8-30-12-3-4-14(23)15(24)5-12)36-9-13(18-19(28)33-10-34-20(18)36)11-6-31-21(32-7-11)22(25,26)27/h3-10,17,29-30H,2H2,1H3,(H2,28,33,34)/b16-8-,35-29?. The molecule has 0 spiro atoms. The van der Waals surface area contributed by atoms with Gasteiger partial charge in [-0.2, -0.15) is 18.3 Å². The van der Waals surface area contributed by atoms with E-state index >= 15 is 0 Å². The fourth-order valence-corrected chi connectivity index (χ4v) is 3.67. The number of nitrogen functional groups attached to an aromatic ring is 1. The van der Waals surface area contributed by atoms with Crippen LogP contribution in [0.15, 0.2) is 60.1 Å². The zero-order valence-corrected chi connectivity index (χ0v) is 18.6. The Kier molecular flexibility index (Phi) is 6.59. The van der Waals surface area contributed by atoms with Crippen LogP contribution in [0.1, 0.15) is 25.2 Å². The number of aromatic nitrogens is 5. The number of fused-ring (bicyclic) bond motifs is 1. The van der Waals surface area contributed by atoms with Gasteiger partial charge in [0.15, 0.2) is 11.6 Å². The molecule has 0 radical (unpaired) electrons. The first kappa shape index (κ1) is 24.6. The van der Waals surface area contributed by atoms with Gasteiger partial charge in [-0.1, -0.05) is 6.92 Å². The molecule has 186 valence electrons. The Morgan fingerprint density at radius 2 is 1.89 bits per heavy atom. The van der Waals surface area contributed by atoms with Gasteiger partial charge >= 0.3 is 6.18 Å². The van der Waals surface area contributed by atoms with Crippen LogP contribution in [-0.2, 0) is 6.18 Å². The third-order valence-corrected chi connectivity index (χ3v) is 5.35. The largest absolute Gasteiger partial charge is 0.451 e. The number of benzene rings is 1. The van der Waals surface area contributed by atoms with Crippen LogP contribution in [0.25, 0.3) is 22.2 Å². The lowest BCUT2D eigenvalue weighted by Gasteiger charge is -2.18. The molecule has 1 aromatic carbocycles. The second kappa shape index (κ2) is 9.64. The van der Waals surface area contributed by atoms with Crippen LogP contribution in [0, 0.1) is 17.2 Å². The van der Waals surface area contributed by atoms with Crippen molar-refractivity contribution in [3.63, 3.8) is 0 Å². The highest BCUT2D eigenvalue weighted by molar-refractivity contribution is 6.00. The number of nitrogens with zero attached hydrogens (tertiary/aromatic N) is 6. The van der Waals surface area contributed by atoms with Crippen molar-refractivity contribution >= 4 is 22.5 Å². The van der Waals surface area contributed by atoms with E-state index in [0.717, 1.165) is 24.5 Å². The van der Waals surface area contributed by atoms with Crippen molar-refractivity contribution in [1.29, 1.82) is 5.53 Å². The molecule has 0 saturated carbocycles. The van der Waals surface area contributed by atoms with Crippen LogP contribution in [0.3, 0.4) is 0 Å². The van der Waals surface area contributed by atoms with E-state index in [4.69, 9.17) is 11.3 Å². The Bertz CT molecular complexity index is 1450. The number of hydrogen-bond acceptors (Lipinski definition) is 8. The van der Waals surface area contributed by atoms with Crippen LogP contribution < -0.4 is 11.1 Å². The number of alkyl halides is 3. The summed E-state index contributed by atoms with van der Waals surface area (Å²) in [5, 5.41) is 6.72. The van der Waals surface area contributed by atoms with Gasteiger partial charge in [-0.15, -0.1) is 0 Å². The molecular weight excluding hydrogens is 485 g/mol. The average Bonchev–Trinajstić information content (AvgIpc) is 3.24. The van der Waals surface area contributed by atoms with Crippen molar-refractivity contribution in [3.8, 4) is 11.1 Å². The summed E-state index contributed by atoms with van der Waals surface area (Å²) < 4.78 is 67.1. The van der Waals surface area contributed by atoms with E-state index in [0.29, 0.717) is 23.0 Å². The minimum atomic E-state index is -4.70. The number of rotatable bonds is 7. The maximum Gasteiger partial charge on any atom is 0.451 e. The predicted molar refractivity (Wildman–Crippen MR) is 121 cm³/mol. The Hall–Kier alpha value is -4.49. The average molecular weight is 503 g/mol. The lowest BCUT2D eigenvalue weighted by atomic mass is 10.1. The Balaban J connectivity index is 1.79. The van der Waals surface area contributed by atoms with Gasteiger partial charge in [0.05, 0.1) is 11.4 Å². The Labute approximate surface area is 200 Å². The summed E-state index contributed by atoms with van der Waals surface area (Å²) in [5.41, 5.74) is 15.2. The first-order valence-electron chi connectivity index (χ1n) is 10.4. The summed E-state index contributed by atoms with van der Waals surface area (Å²) in [6.07, 6.45) is 1.95. The van der Waals surface area contributed by atoms with Gasteiger partial charge in [-0.05, 0) is 18.6 Å². The molecule has 0 aliphatic heterocycles. The van der Waals surface area contributed by atoms with E-state index in [9.17, 15) is 22.0 Å². The van der Waals surface area contributed by atoms with Gasteiger partial charge < -0.3 is 15.6 Å². The zero-order valence-electron chi connectivity index (χ0n) is 18.6. The lowest BCUT2D eigenvalue weighted by Crippen LogP contribution is -2.11. The molecule has 0 aliphatic rings. The first-order chi connectivity index (χ1) is 17.1. The molecular formula is C22H18F5N9.